The largest absolute Gasteiger partial charge is 0.382 e. The monoisotopic (exact) mass is 216 g/mol. The molecule has 3 nitrogen and oxygen atoms in total. The molecular formula is C12H28N2O. The summed E-state index contributed by atoms with van der Waals surface area (Å²) in [5.41, 5.74) is 0. The van der Waals surface area contributed by atoms with Crippen molar-refractivity contribution in [3.05, 3.63) is 0 Å². The molecule has 1 unspecified atom stereocenters. The molecule has 0 bridgehead atoms. The summed E-state index contributed by atoms with van der Waals surface area (Å²) >= 11 is 0. The lowest BCUT2D eigenvalue weighted by Gasteiger charge is -2.18. The smallest absolute Gasteiger partial charge is 0.0543 e. The molecule has 1 atom stereocenters. The molecule has 0 spiro atoms. The fraction of sp³-hybridized carbons (Fsp3) is 1.00. The van der Waals surface area contributed by atoms with Gasteiger partial charge in [-0.2, -0.15) is 0 Å². The van der Waals surface area contributed by atoms with E-state index >= 15 is 0 Å². The second-order valence-corrected chi connectivity index (χ2v) is 4.60. The van der Waals surface area contributed by atoms with Gasteiger partial charge in [-0.15, -0.1) is 0 Å². The van der Waals surface area contributed by atoms with Gasteiger partial charge in [0.25, 0.3) is 0 Å². The minimum Gasteiger partial charge on any atom is -0.382 e. The van der Waals surface area contributed by atoms with Crippen LogP contribution in [0.2, 0.25) is 0 Å². The van der Waals surface area contributed by atoms with E-state index in [1.54, 1.807) is 7.11 Å². The highest BCUT2D eigenvalue weighted by Crippen LogP contribution is 2.00. The normalized spacial score (nSPS) is 13.8. The van der Waals surface area contributed by atoms with Gasteiger partial charge in [0.05, 0.1) is 6.10 Å². The van der Waals surface area contributed by atoms with Crippen LogP contribution in [-0.4, -0.2) is 50.8 Å². The van der Waals surface area contributed by atoms with Gasteiger partial charge in [-0.05, 0) is 33.4 Å². The highest BCUT2D eigenvalue weighted by Gasteiger charge is 2.02. The summed E-state index contributed by atoms with van der Waals surface area (Å²) in [6.45, 7) is 9.85. The summed E-state index contributed by atoms with van der Waals surface area (Å²) < 4.78 is 5.21. The number of hydrogen-bond acceptors (Lipinski definition) is 3. The van der Waals surface area contributed by atoms with Gasteiger partial charge in [-0.25, -0.2) is 0 Å². The quantitative estimate of drug-likeness (QED) is 0.635. The molecule has 0 aromatic heterocycles. The number of nitrogens with zero attached hydrogens (tertiary/aromatic N) is 1. The summed E-state index contributed by atoms with van der Waals surface area (Å²) in [4.78, 5) is 2.37. The molecule has 15 heavy (non-hydrogen) atoms. The highest BCUT2D eigenvalue weighted by molar-refractivity contribution is 4.59. The first-order chi connectivity index (χ1) is 7.06. The summed E-state index contributed by atoms with van der Waals surface area (Å²) in [5, 5.41) is 3.42. The predicted molar refractivity (Wildman–Crippen MR) is 66.3 cm³/mol. The van der Waals surface area contributed by atoms with E-state index in [4.69, 9.17) is 4.74 Å². The Morgan fingerprint density at radius 3 is 2.40 bits per heavy atom. The zero-order valence-corrected chi connectivity index (χ0v) is 11.0. The van der Waals surface area contributed by atoms with Crippen LogP contribution < -0.4 is 5.32 Å². The molecule has 0 saturated carbocycles. The van der Waals surface area contributed by atoms with Crippen molar-refractivity contribution in [2.24, 2.45) is 0 Å². The molecule has 3 heteroatoms. The fourth-order valence-corrected chi connectivity index (χ4v) is 1.42. The zero-order valence-electron chi connectivity index (χ0n) is 11.0. The minimum atomic E-state index is 0.396. The van der Waals surface area contributed by atoms with Gasteiger partial charge in [0.15, 0.2) is 0 Å². The van der Waals surface area contributed by atoms with Crippen LogP contribution in [0.5, 0.6) is 0 Å². The lowest BCUT2D eigenvalue weighted by Crippen LogP contribution is -2.33. The molecule has 0 aromatic rings. The van der Waals surface area contributed by atoms with Gasteiger partial charge < -0.3 is 15.0 Å². The highest BCUT2D eigenvalue weighted by atomic mass is 16.5. The van der Waals surface area contributed by atoms with E-state index in [0.29, 0.717) is 12.1 Å². The summed E-state index contributed by atoms with van der Waals surface area (Å²) in [5.74, 6) is 0. The van der Waals surface area contributed by atoms with Crippen LogP contribution in [0.3, 0.4) is 0 Å². The summed E-state index contributed by atoms with van der Waals surface area (Å²) in [7, 11) is 3.96. The van der Waals surface area contributed by atoms with Gasteiger partial charge in [0.1, 0.15) is 0 Å². The lowest BCUT2D eigenvalue weighted by atomic mass is 10.2. The second kappa shape index (κ2) is 9.13. The molecule has 0 aliphatic carbocycles. The number of likely N-dealkylation sites (N-methyl/N-ethyl adjacent to an activating group) is 1. The standard InChI is InChI=1S/C12H28N2O/c1-11(2)13-8-10-14(4)9-6-7-12(3)15-5/h11-13H,6-10H2,1-5H3. The van der Waals surface area contributed by atoms with Gasteiger partial charge in [0.2, 0.25) is 0 Å². The third kappa shape index (κ3) is 10.2. The molecule has 0 saturated heterocycles. The van der Waals surface area contributed by atoms with Gasteiger partial charge in [-0.3, -0.25) is 0 Å². The molecule has 92 valence electrons. The van der Waals surface area contributed by atoms with E-state index < -0.39 is 0 Å². The van der Waals surface area contributed by atoms with Crippen molar-refractivity contribution in [1.82, 2.24) is 10.2 Å². The Hall–Kier alpha value is -0.120. The van der Waals surface area contributed by atoms with E-state index in [1.807, 2.05) is 0 Å². The van der Waals surface area contributed by atoms with Crippen molar-refractivity contribution >= 4 is 0 Å². The van der Waals surface area contributed by atoms with Crippen molar-refractivity contribution in [3.8, 4) is 0 Å². The van der Waals surface area contributed by atoms with Crippen LogP contribution in [0.4, 0.5) is 0 Å². The van der Waals surface area contributed by atoms with E-state index in [2.05, 4.69) is 38.0 Å². The molecular weight excluding hydrogens is 188 g/mol. The van der Waals surface area contributed by atoms with Crippen LogP contribution in [0.1, 0.15) is 33.6 Å². The van der Waals surface area contributed by atoms with Crippen LogP contribution in [0, 0.1) is 0 Å². The maximum Gasteiger partial charge on any atom is 0.0543 e. The average molecular weight is 216 g/mol. The first-order valence-corrected chi connectivity index (χ1v) is 6.01. The number of methoxy groups -OCH3 is 1. The van der Waals surface area contributed by atoms with E-state index in [9.17, 15) is 0 Å². The number of nitrogens with one attached hydrogen (secondary N) is 1. The zero-order chi connectivity index (χ0) is 11.7. The van der Waals surface area contributed by atoms with Crippen LogP contribution >= 0.6 is 0 Å². The fourth-order valence-electron chi connectivity index (χ4n) is 1.42. The third-order valence-electron chi connectivity index (χ3n) is 2.60. The first-order valence-electron chi connectivity index (χ1n) is 6.01. The maximum absolute atomic E-state index is 5.21. The minimum absolute atomic E-state index is 0.396. The molecule has 0 aliphatic rings. The first kappa shape index (κ1) is 14.9. The van der Waals surface area contributed by atoms with Gasteiger partial charge in [0, 0.05) is 26.2 Å². The Bertz CT molecular complexity index is 140. The van der Waals surface area contributed by atoms with Crippen LogP contribution in [0.15, 0.2) is 0 Å². The number of ether oxygens (including phenoxy) is 1. The Kier molecular flexibility index (Phi) is 9.06. The Balaban J connectivity index is 3.29. The van der Waals surface area contributed by atoms with Crippen molar-refractivity contribution in [1.29, 1.82) is 0 Å². The molecule has 0 rings (SSSR count). The molecule has 0 fully saturated rings. The molecule has 1 N–H and O–H groups in total. The Morgan fingerprint density at radius 1 is 1.20 bits per heavy atom. The van der Waals surface area contributed by atoms with E-state index in [-0.39, 0.29) is 0 Å². The molecule has 0 amide bonds. The average Bonchev–Trinajstić information content (AvgIpc) is 2.17. The van der Waals surface area contributed by atoms with Gasteiger partial charge >= 0.3 is 0 Å². The predicted octanol–water partition coefficient (Wildman–Crippen LogP) is 1.73. The molecule has 0 aromatic carbocycles. The third-order valence-corrected chi connectivity index (χ3v) is 2.60. The van der Waals surface area contributed by atoms with E-state index in [0.717, 1.165) is 26.1 Å². The molecule has 0 radical (unpaired) electrons. The number of hydrogen-bond donors (Lipinski definition) is 1. The SMILES string of the molecule is COC(C)CCCN(C)CCNC(C)C. The Morgan fingerprint density at radius 2 is 1.87 bits per heavy atom. The van der Waals surface area contributed by atoms with Crippen molar-refractivity contribution < 1.29 is 4.74 Å². The number of rotatable bonds is 9. The Labute approximate surface area is 95.2 Å². The molecule has 0 aliphatic heterocycles. The van der Waals surface area contributed by atoms with Crippen molar-refractivity contribution in [2.45, 2.75) is 45.8 Å². The van der Waals surface area contributed by atoms with Crippen LogP contribution in [-0.2, 0) is 4.74 Å². The van der Waals surface area contributed by atoms with Gasteiger partial charge in [-0.1, -0.05) is 13.8 Å². The van der Waals surface area contributed by atoms with Crippen LogP contribution in [0.25, 0.3) is 0 Å². The molecule has 0 heterocycles. The van der Waals surface area contributed by atoms with Crippen molar-refractivity contribution in [2.75, 3.05) is 33.8 Å². The second-order valence-electron chi connectivity index (χ2n) is 4.60. The topological polar surface area (TPSA) is 24.5 Å². The van der Waals surface area contributed by atoms with Crippen molar-refractivity contribution in [3.63, 3.8) is 0 Å². The van der Waals surface area contributed by atoms with E-state index in [1.165, 1.54) is 6.42 Å². The lowest BCUT2D eigenvalue weighted by molar-refractivity contribution is 0.106. The maximum atomic E-state index is 5.21. The summed E-state index contributed by atoms with van der Waals surface area (Å²) in [6, 6.07) is 0.590. The summed E-state index contributed by atoms with van der Waals surface area (Å²) in [6.07, 6.45) is 2.76.